The molecule has 2 nitrogen and oxygen atoms in total. The van der Waals surface area contributed by atoms with Crippen molar-refractivity contribution in [1.82, 2.24) is 10.3 Å². The fourth-order valence-corrected chi connectivity index (χ4v) is 3.01. The zero-order chi connectivity index (χ0) is 13.1. The van der Waals surface area contributed by atoms with Crippen LogP contribution in [0.1, 0.15) is 11.3 Å². The van der Waals surface area contributed by atoms with Gasteiger partial charge in [-0.05, 0) is 34.2 Å². The maximum atomic E-state index is 3.48. The Morgan fingerprint density at radius 2 is 1.63 bits per heavy atom. The molecule has 0 saturated heterocycles. The van der Waals surface area contributed by atoms with E-state index in [1.165, 1.54) is 25.7 Å². The summed E-state index contributed by atoms with van der Waals surface area (Å²) >= 11 is 2.42. The molecule has 0 fully saturated rings. The van der Waals surface area contributed by atoms with Crippen LogP contribution in [0.15, 0.2) is 54.6 Å². The Morgan fingerprint density at radius 1 is 0.895 bits per heavy atom. The van der Waals surface area contributed by atoms with Gasteiger partial charge < -0.3 is 10.3 Å². The molecule has 3 rings (SSSR count). The highest BCUT2D eigenvalue weighted by Gasteiger charge is 2.07. The summed E-state index contributed by atoms with van der Waals surface area (Å²) in [5.41, 5.74) is 3.79. The van der Waals surface area contributed by atoms with Gasteiger partial charge in [0.15, 0.2) is 0 Å². The molecule has 96 valence electrons. The van der Waals surface area contributed by atoms with Crippen molar-refractivity contribution in [2.45, 2.75) is 13.1 Å². The van der Waals surface area contributed by atoms with E-state index in [9.17, 15) is 0 Å². The van der Waals surface area contributed by atoms with E-state index >= 15 is 0 Å². The van der Waals surface area contributed by atoms with Gasteiger partial charge >= 0.3 is 0 Å². The van der Waals surface area contributed by atoms with E-state index in [0.717, 1.165) is 13.1 Å². The highest BCUT2D eigenvalue weighted by atomic mass is 127. The lowest BCUT2D eigenvalue weighted by atomic mass is 10.2. The van der Waals surface area contributed by atoms with Gasteiger partial charge in [-0.3, -0.25) is 0 Å². The summed E-state index contributed by atoms with van der Waals surface area (Å²) in [7, 11) is 0. The second kappa shape index (κ2) is 5.75. The molecular formula is C16H15IN2. The molecular weight excluding hydrogens is 347 g/mol. The fourth-order valence-electron chi connectivity index (χ4n) is 2.21. The van der Waals surface area contributed by atoms with Crippen molar-refractivity contribution in [2.75, 3.05) is 0 Å². The number of nitrogens with one attached hydrogen (secondary N) is 2. The number of aromatic amines is 1. The van der Waals surface area contributed by atoms with Gasteiger partial charge in [-0.1, -0.05) is 48.5 Å². The Balaban J connectivity index is 1.70. The lowest BCUT2D eigenvalue weighted by Crippen LogP contribution is -2.13. The van der Waals surface area contributed by atoms with Gasteiger partial charge in [0.25, 0.3) is 0 Å². The van der Waals surface area contributed by atoms with E-state index < -0.39 is 0 Å². The van der Waals surface area contributed by atoms with Gasteiger partial charge in [0.05, 0.1) is 0 Å². The number of hydrogen-bond acceptors (Lipinski definition) is 1. The van der Waals surface area contributed by atoms with E-state index in [1.807, 2.05) is 6.07 Å². The Labute approximate surface area is 126 Å². The Kier molecular flexibility index (Phi) is 3.84. The summed E-state index contributed by atoms with van der Waals surface area (Å²) in [5.74, 6) is 0. The maximum Gasteiger partial charge on any atom is 0.0467 e. The zero-order valence-electron chi connectivity index (χ0n) is 10.5. The lowest BCUT2D eigenvalue weighted by molar-refractivity contribution is 0.681. The van der Waals surface area contributed by atoms with E-state index in [2.05, 4.69) is 81.4 Å². The minimum Gasteiger partial charge on any atom is -0.356 e. The number of H-pyrrole nitrogens is 1. The van der Waals surface area contributed by atoms with E-state index in [1.54, 1.807) is 0 Å². The first-order valence-electron chi connectivity index (χ1n) is 6.34. The van der Waals surface area contributed by atoms with Crippen molar-refractivity contribution in [2.24, 2.45) is 0 Å². The van der Waals surface area contributed by atoms with Gasteiger partial charge in [-0.25, -0.2) is 0 Å². The molecule has 3 heteroatoms. The predicted octanol–water partition coefficient (Wildman–Crippen LogP) is 4.06. The molecule has 0 amide bonds. The molecule has 1 heterocycles. The third kappa shape index (κ3) is 2.82. The van der Waals surface area contributed by atoms with E-state index in [4.69, 9.17) is 0 Å². The predicted molar refractivity (Wildman–Crippen MR) is 88.0 cm³/mol. The number of halogens is 1. The van der Waals surface area contributed by atoms with Crippen LogP contribution in [0, 0.1) is 3.57 Å². The molecule has 1 aromatic heterocycles. The second-order valence-corrected chi connectivity index (χ2v) is 5.63. The highest BCUT2D eigenvalue weighted by molar-refractivity contribution is 14.1. The van der Waals surface area contributed by atoms with Crippen molar-refractivity contribution in [3.05, 3.63) is 69.4 Å². The van der Waals surface area contributed by atoms with Gasteiger partial charge in [0.1, 0.15) is 0 Å². The van der Waals surface area contributed by atoms with Crippen LogP contribution in [0.5, 0.6) is 0 Å². The molecule has 0 bridgehead atoms. The molecule has 2 aromatic carbocycles. The average molecular weight is 362 g/mol. The molecule has 0 aliphatic rings. The largest absolute Gasteiger partial charge is 0.356 e. The second-order valence-electron chi connectivity index (χ2n) is 4.55. The van der Waals surface area contributed by atoms with Crippen molar-refractivity contribution in [3.63, 3.8) is 0 Å². The van der Waals surface area contributed by atoms with Crippen molar-refractivity contribution < 1.29 is 0 Å². The Bertz CT molecular complexity index is 674. The van der Waals surface area contributed by atoms with Crippen molar-refractivity contribution in [3.8, 4) is 0 Å². The Morgan fingerprint density at radius 3 is 2.42 bits per heavy atom. The lowest BCUT2D eigenvalue weighted by Gasteiger charge is -2.04. The van der Waals surface area contributed by atoms with Crippen LogP contribution in [0.25, 0.3) is 10.9 Å². The number of rotatable bonds is 4. The standard InChI is InChI=1S/C16H15IN2/c17-16-13-8-4-5-9-14(13)19-15(16)11-18-10-12-6-2-1-3-7-12/h1-9,18-19H,10-11H2. The third-order valence-electron chi connectivity index (χ3n) is 3.19. The molecule has 0 spiro atoms. The molecule has 2 N–H and O–H groups in total. The fraction of sp³-hybridized carbons (Fsp3) is 0.125. The number of benzene rings is 2. The van der Waals surface area contributed by atoms with Gasteiger partial charge in [-0.2, -0.15) is 0 Å². The van der Waals surface area contributed by atoms with Gasteiger partial charge in [-0.15, -0.1) is 0 Å². The first-order chi connectivity index (χ1) is 9.34. The van der Waals surface area contributed by atoms with Crippen molar-refractivity contribution in [1.29, 1.82) is 0 Å². The normalized spacial score (nSPS) is 11.0. The van der Waals surface area contributed by atoms with Crippen LogP contribution in [-0.4, -0.2) is 4.98 Å². The zero-order valence-corrected chi connectivity index (χ0v) is 12.6. The van der Waals surface area contributed by atoms with Crippen molar-refractivity contribution >= 4 is 33.5 Å². The van der Waals surface area contributed by atoms with Crippen LogP contribution in [0.4, 0.5) is 0 Å². The first kappa shape index (κ1) is 12.7. The van der Waals surface area contributed by atoms with E-state index in [-0.39, 0.29) is 0 Å². The van der Waals surface area contributed by atoms with E-state index in [0.29, 0.717) is 0 Å². The van der Waals surface area contributed by atoms with Crippen LogP contribution < -0.4 is 5.32 Å². The minimum absolute atomic E-state index is 0.863. The molecule has 0 unspecified atom stereocenters. The van der Waals surface area contributed by atoms with Gasteiger partial charge in [0, 0.05) is 33.3 Å². The van der Waals surface area contributed by atoms with Crippen LogP contribution in [0.2, 0.25) is 0 Å². The Hall–Kier alpha value is -1.33. The third-order valence-corrected chi connectivity index (χ3v) is 4.42. The summed E-state index contributed by atoms with van der Waals surface area (Å²) in [6.07, 6.45) is 0. The average Bonchev–Trinajstić information content (AvgIpc) is 2.78. The summed E-state index contributed by atoms with van der Waals surface area (Å²) < 4.78 is 1.31. The summed E-state index contributed by atoms with van der Waals surface area (Å²) in [4.78, 5) is 3.48. The molecule has 0 aliphatic heterocycles. The van der Waals surface area contributed by atoms with Gasteiger partial charge in [0.2, 0.25) is 0 Å². The number of fused-ring (bicyclic) bond motifs is 1. The van der Waals surface area contributed by atoms with Crippen LogP contribution in [0.3, 0.4) is 0 Å². The number of para-hydroxylation sites is 1. The molecule has 0 radical (unpaired) electrons. The maximum absolute atomic E-state index is 3.48. The summed E-state index contributed by atoms with van der Waals surface area (Å²) in [6.45, 7) is 1.76. The monoisotopic (exact) mass is 362 g/mol. The van der Waals surface area contributed by atoms with Crippen LogP contribution in [-0.2, 0) is 13.1 Å². The molecule has 19 heavy (non-hydrogen) atoms. The topological polar surface area (TPSA) is 27.8 Å². The van der Waals surface area contributed by atoms with Crippen LogP contribution >= 0.6 is 22.6 Å². The first-order valence-corrected chi connectivity index (χ1v) is 7.42. The smallest absolute Gasteiger partial charge is 0.0467 e. The summed E-state index contributed by atoms with van der Waals surface area (Å²) in [6, 6.07) is 18.9. The highest BCUT2D eigenvalue weighted by Crippen LogP contribution is 2.23. The minimum atomic E-state index is 0.863. The number of aromatic nitrogens is 1. The molecule has 0 aliphatic carbocycles. The number of hydrogen-bond donors (Lipinski definition) is 2. The molecule has 0 atom stereocenters. The SMILES string of the molecule is Ic1c(CNCc2ccccc2)[nH]c2ccccc12. The summed E-state index contributed by atoms with van der Waals surface area (Å²) in [5, 5.41) is 4.79. The quantitative estimate of drug-likeness (QED) is 0.673. The molecule has 3 aromatic rings. The molecule has 0 saturated carbocycles.